The summed E-state index contributed by atoms with van der Waals surface area (Å²) in [5.41, 5.74) is 3.97. The van der Waals surface area contributed by atoms with E-state index in [1.165, 1.54) is 24.0 Å². The molecule has 1 amide bonds. The second-order valence-electron chi connectivity index (χ2n) is 15.6. The molecule has 2 aromatic rings. The minimum atomic E-state index is -2.87. The highest BCUT2D eigenvalue weighted by atomic mass is 35.5. The summed E-state index contributed by atoms with van der Waals surface area (Å²) in [6.07, 6.45) is 8.86. The van der Waals surface area contributed by atoms with Crippen LogP contribution in [0.3, 0.4) is 0 Å². The van der Waals surface area contributed by atoms with Crippen molar-refractivity contribution >= 4 is 38.8 Å². The van der Waals surface area contributed by atoms with Crippen LogP contribution in [-0.4, -0.2) is 78.2 Å². The first-order chi connectivity index (χ1) is 23.0. The Hall–Kier alpha value is -2.26. The van der Waals surface area contributed by atoms with Gasteiger partial charge in [0, 0.05) is 53.5 Å². The first kappa shape index (κ1) is 34.2. The van der Waals surface area contributed by atoms with Crippen LogP contribution in [0.15, 0.2) is 36.4 Å². The molecule has 5 aliphatic rings. The third kappa shape index (κ3) is 6.63. The number of morpholine rings is 1. The lowest BCUT2D eigenvalue weighted by Gasteiger charge is -2.50. The Labute approximate surface area is 293 Å². The molecule has 2 fully saturated rings. The van der Waals surface area contributed by atoms with E-state index in [1.54, 1.807) is 0 Å². The van der Waals surface area contributed by atoms with Gasteiger partial charge in [-0.05, 0) is 130 Å². The molecule has 1 N–H and O–H groups in total. The topological polar surface area (TPSA) is 71.1 Å². The zero-order valence-corrected chi connectivity index (χ0v) is 30.6. The van der Waals surface area contributed by atoms with Crippen LogP contribution in [0.2, 0.25) is 5.02 Å². The summed E-state index contributed by atoms with van der Waals surface area (Å²) in [7, 11) is -2.87. The molecule has 262 valence electrons. The summed E-state index contributed by atoms with van der Waals surface area (Å²) in [6.45, 7) is 12.6. The van der Waals surface area contributed by atoms with E-state index in [-0.39, 0.29) is 22.5 Å². The van der Waals surface area contributed by atoms with Crippen molar-refractivity contribution in [1.29, 1.82) is 0 Å². The molecule has 48 heavy (non-hydrogen) atoms. The predicted molar refractivity (Wildman–Crippen MR) is 197 cm³/mol. The van der Waals surface area contributed by atoms with Crippen molar-refractivity contribution in [3.05, 3.63) is 58.1 Å². The Morgan fingerprint density at radius 1 is 1.06 bits per heavy atom. The highest BCUT2D eigenvalue weighted by Gasteiger charge is 2.46. The van der Waals surface area contributed by atoms with E-state index >= 15 is 0 Å². The van der Waals surface area contributed by atoms with Gasteiger partial charge in [0.15, 0.2) is 0 Å². The van der Waals surface area contributed by atoms with E-state index in [2.05, 4.69) is 46.4 Å². The number of aryl methyl sites for hydroxylation is 1. The van der Waals surface area contributed by atoms with Gasteiger partial charge in [0.05, 0.1) is 35.2 Å². The van der Waals surface area contributed by atoms with E-state index < -0.39 is 9.71 Å². The number of fused-ring (bicyclic) bond motifs is 4. The first-order valence-electron chi connectivity index (χ1n) is 18.4. The molecular weight excluding hydrogens is 642 g/mol. The number of carbonyl (C=O) groups is 1. The largest absolute Gasteiger partial charge is 0.490 e. The van der Waals surface area contributed by atoms with Gasteiger partial charge in [0.25, 0.3) is 5.91 Å². The maximum atomic E-state index is 13.9. The number of benzene rings is 2. The van der Waals surface area contributed by atoms with Gasteiger partial charge in [-0.1, -0.05) is 31.0 Å². The molecule has 1 unspecified atom stereocenters. The monoisotopic (exact) mass is 695 g/mol. The van der Waals surface area contributed by atoms with Crippen molar-refractivity contribution in [1.82, 2.24) is 9.62 Å². The van der Waals surface area contributed by atoms with Crippen LogP contribution >= 0.6 is 11.6 Å². The number of nitrogens with zero attached hydrogens (tertiary/aromatic N) is 2. The molecule has 7 rings (SSSR count). The Balaban J connectivity index is 1.28. The van der Waals surface area contributed by atoms with Crippen LogP contribution in [-0.2, 0) is 26.3 Å². The van der Waals surface area contributed by atoms with Crippen molar-refractivity contribution in [2.45, 2.75) is 88.8 Å². The molecule has 8 atom stereocenters. The molecule has 3 aliphatic heterocycles. The van der Waals surface area contributed by atoms with E-state index in [0.29, 0.717) is 36.0 Å². The third-order valence-corrected chi connectivity index (χ3v) is 15.3. The lowest BCUT2D eigenvalue weighted by Crippen LogP contribution is -2.52. The highest BCUT2D eigenvalue weighted by molar-refractivity contribution is 7.99. The van der Waals surface area contributed by atoms with Gasteiger partial charge in [0.2, 0.25) is 0 Å². The lowest BCUT2D eigenvalue weighted by molar-refractivity contribution is -0.0220. The predicted octanol–water partition coefficient (Wildman–Crippen LogP) is 6.75. The van der Waals surface area contributed by atoms with Gasteiger partial charge in [0.1, 0.15) is 5.75 Å². The zero-order chi connectivity index (χ0) is 33.6. The van der Waals surface area contributed by atoms with Crippen LogP contribution in [0.4, 0.5) is 5.69 Å². The second-order valence-corrected chi connectivity index (χ2v) is 18.4. The van der Waals surface area contributed by atoms with Crippen LogP contribution in [0.5, 0.6) is 5.75 Å². The SMILES string of the molecule is C=S1(=O)NC(=O)c2ccc3c(c2)N(C[C@@H]2CC[C@H]2[C@@H]([C@H](C)N2CCOCC2)CCC[C@H](C)[C@H]1C)C[C@@]1(CCCc2cc(Cl)ccc21)CO3. The first-order valence-corrected chi connectivity index (χ1v) is 20.5. The number of halogens is 1. The summed E-state index contributed by atoms with van der Waals surface area (Å²) in [5, 5.41) is 0.550. The van der Waals surface area contributed by atoms with Crippen molar-refractivity contribution in [3.63, 3.8) is 0 Å². The van der Waals surface area contributed by atoms with E-state index in [9.17, 15) is 9.00 Å². The van der Waals surface area contributed by atoms with Crippen LogP contribution in [0.1, 0.15) is 87.2 Å². The number of carbonyl (C=O) groups excluding carboxylic acids is 1. The van der Waals surface area contributed by atoms with Crippen molar-refractivity contribution in [2.24, 2.45) is 23.7 Å². The third-order valence-electron chi connectivity index (χ3n) is 12.9. The van der Waals surface area contributed by atoms with Gasteiger partial charge >= 0.3 is 0 Å². The van der Waals surface area contributed by atoms with Gasteiger partial charge in [-0.3, -0.25) is 14.4 Å². The lowest BCUT2D eigenvalue weighted by atomic mass is 9.63. The van der Waals surface area contributed by atoms with Gasteiger partial charge in [-0.15, -0.1) is 0 Å². The van der Waals surface area contributed by atoms with Gasteiger partial charge < -0.3 is 14.4 Å². The highest BCUT2D eigenvalue weighted by Crippen LogP contribution is 2.49. The summed E-state index contributed by atoms with van der Waals surface area (Å²) < 4.78 is 29.3. The Bertz CT molecular complexity index is 1610. The summed E-state index contributed by atoms with van der Waals surface area (Å²) in [4.78, 5) is 18.9. The van der Waals surface area contributed by atoms with E-state index in [4.69, 9.17) is 21.1 Å². The number of hydrogen-bond acceptors (Lipinski definition) is 6. The molecule has 0 radical (unpaired) electrons. The molecule has 1 saturated heterocycles. The summed E-state index contributed by atoms with van der Waals surface area (Å²) in [6, 6.07) is 12.6. The number of rotatable bonds is 2. The van der Waals surface area contributed by atoms with Crippen LogP contribution in [0.25, 0.3) is 0 Å². The van der Waals surface area contributed by atoms with Crippen molar-refractivity contribution < 1.29 is 18.5 Å². The number of anilines is 1. The zero-order valence-electron chi connectivity index (χ0n) is 29.1. The molecule has 3 heterocycles. The number of amides is 1. The van der Waals surface area contributed by atoms with Crippen LogP contribution in [0, 0.1) is 23.7 Å². The average Bonchev–Trinajstić information content (AvgIpc) is 3.21. The molecule has 1 saturated carbocycles. The molecule has 9 heteroatoms. The fourth-order valence-electron chi connectivity index (χ4n) is 9.59. The fourth-order valence-corrected chi connectivity index (χ4v) is 11.3. The second kappa shape index (κ2) is 13.8. The number of hydrogen-bond donors (Lipinski definition) is 1. The molecule has 2 aliphatic carbocycles. The fraction of sp³-hybridized carbons (Fsp3) is 0.641. The Kier molecular flexibility index (Phi) is 9.84. The standard InChI is InChI=1S/C39H54ClN3O4S/c1-26-7-5-9-33(27(2)42-17-19-46-20-18-42)34-13-10-31(34)23-43-24-39(16-6-8-29-21-32(40)12-14-35(29)39)25-47-37-15-11-30(22-36(37)43)38(44)41-48(4,45)28(26)3/h11-12,14-15,21-22,26-28,31,33-34H,4-10,13,16-20,23-25H2,1-3H3,(H,41,44,45)/t26-,27-,28+,31-,33+,34+,39-,48?/m0/s1. The normalized spacial score (nSPS) is 35.3. The van der Waals surface area contributed by atoms with Gasteiger partial charge in [-0.2, -0.15) is 0 Å². The van der Waals surface area contributed by atoms with Gasteiger partial charge in [-0.25, -0.2) is 4.21 Å². The maximum Gasteiger partial charge on any atom is 0.262 e. The Morgan fingerprint density at radius 3 is 2.65 bits per heavy atom. The maximum absolute atomic E-state index is 13.9. The minimum absolute atomic E-state index is 0.173. The molecule has 2 bridgehead atoms. The molecule has 0 aromatic heterocycles. The van der Waals surface area contributed by atoms with Crippen molar-refractivity contribution in [2.75, 3.05) is 50.9 Å². The number of ether oxygens (including phenoxy) is 2. The smallest absolute Gasteiger partial charge is 0.262 e. The minimum Gasteiger partial charge on any atom is -0.490 e. The van der Waals surface area contributed by atoms with Crippen LogP contribution < -0.4 is 14.4 Å². The molecule has 2 aromatic carbocycles. The average molecular weight is 696 g/mol. The Morgan fingerprint density at radius 2 is 1.88 bits per heavy atom. The van der Waals surface area contributed by atoms with Crippen molar-refractivity contribution in [3.8, 4) is 5.75 Å². The van der Waals surface area contributed by atoms with E-state index in [1.807, 2.05) is 31.2 Å². The number of nitrogens with one attached hydrogen (secondary N) is 1. The van der Waals surface area contributed by atoms with E-state index in [0.717, 1.165) is 94.4 Å². The summed E-state index contributed by atoms with van der Waals surface area (Å²) >= 11 is 6.50. The molecule has 1 spiro atoms. The quantitative estimate of drug-likeness (QED) is 0.351. The summed E-state index contributed by atoms with van der Waals surface area (Å²) in [5.74, 6) is 6.53. The molecule has 7 nitrogen and oxygen atoms in total. The molecular formula is C39H54ClN3O4S.